The van der Waals surface area contributed by atoms with Crippen molar-refractivity contribution in [1.82, 2.24) is 9.97 Å². The number of hydrogen-bond acceptors (Lipinski definition) is 5. The van der Waals surface area contributed by atoms with E-state index in [-0.39, 0.29) is 5.56 Å². The quantitative estimate of drug-likeness (QED) is 0.355. The zero-order valence-corrected chi connectivity index (χ0v) is 18.1. The van der Waals surface area contributed by atoms with Crippen LogP contribution in [0.2, 0.25) is 5.02 Å². The van der Waals surface area contributed by atoms with Crippen molar-refractivity contribution in [3.05, 3.63) is 87.7 Å². The highest BCUT2D eigenvalue weighted by molar-refractivity contribution is 7.25. The fourth-order valence-electron chi connectivity index (χ4n) is 3.44. The molecule has 0 radical (unpaired) electrons. The molecule has 0 spiro atoms. The lowest BCUT2D eigenvalue weighted by atomic mass is 10.1. The van der Waals surface area contributed by atoms with Crippen LogP contribution in [0.25, 0.3) is 31.7 Å². The highest BCUT2D eigenvalue weighted by Crippen LogP contribution is 2.34. The number of rotatable bonds is 5. The van der Waals surface area contributed by atoms with E-state index in [1.165, 1.54) is 11.3 Å². The lowest BCUT2D eigenvalue weighted by Crippen LogP contribution is -2.08. The number of fused-ring (bicyclic) bond motifs is 3. The van der Waals surface area contributed by atoms with Crippen molar-refractivity contribution < 1.29 is 9.47 Å². The van der Waals surface area contributed by atoms with E-state index in [9.17, 15) is 4.79 Å². The number of hydrogen-bond donors (Lipinski definition) is 1. The Labute approximate surface area is 186 Å². The zero-order valence-electron chi connectivity index (χ0n) is 16.5. The predicted octanol–water partition coefficient (Wildman–Crippen LogP) is 6.05. The van der Waals surface area contributed by atoms with Crippen LogP contribution in [-0.4, -0.2) is 17.1 Å². The van der Waals surface area contributed by atoms with E-state index in [0.29, 0.717) is 39.2 Å². The minimum Gasteiger partial charge on any atom is -0.493 e. The third-order valence-electron chi connectivity index (χ3n) is 4.99. The Bertz CT molecular complexity index is 1460. The molecule has 2 heterocycles. The molecule has 0 saturated carbocycles. The van der Waals surface area contributed by atoms with Crippen molar-refractivity contribution in [1.29, 1.82) is 0 Å². The van der Waals surface area contributed by atoms with Crippen LogP contribution in [0.1, 0.15) is 5.56 Å². The Morgan fingerprint density at radius 3 is 2.65 bits per heavy atom. The summed E-state index contributed by atoms with van der Waals surface area (Å²) in [7, 11) is 1.58. The van der Waals surface area contributed by atoms with Crippen molar-refractivity contribution in [3.8, 4) is 22.9 Å². The van der Waals surface area contributed by atoms with Gasteiger partial charge >= 0.3 is 0 Å². The number of H-pyrrole nitrogens is 1. The predicted molar refractivity (Wildman–Crippen MR) is 126 cm³/mol. The van der Waals surface area contributed by atoms with Crippen LogP contribution in [0, 0.1) is 0 Å². The van der Waals surface area contributed by atoms with Gasteiger partial charge in [0.1, 0.15) is 17.3 Å². The minimum atomic E-state index is -0.153. The number of benzene rings is 3. The lowest BCUT2D eigenvalue weighted by molar-refractivity contribution is 0.284. The van der Waals surface area contributed by atoms with E-state index in [4.69, 9.17) is 26.1 Å². The SMILES string of the molecule is COc1cc(-c2nc3sc4ccccc4c3c(=O)[nH]2)ccc1OCc1ccc(Cl)cc1. The molecule has 3 aromatic carbocycles. The lowest BCUT2D eigenvalue weighted by Gasteiger charge is -2.12. The number of thiophene rings is 1. The summed E-state index contributed by atoms with van der Waals surface area (Å²) >= 11 is 7.44. The van der Waals surface area contributed by atoms with Crippen LogP contribution >= 0.6 is 22.9 Å². The Balaban J connectivity index is 1.49. The summed E-state index contributed by atoms with van der Waals surface area (Å²) in [5.41, 5.74) is 1.59. The van der Waals surface area contributed by atoms with Gasteiger partial charge in [-0.05, 0) is 42.0 Å². The molecule has 7 heteroatoms. The zero-order chi connectivity index (χ0) is 21.4. The van der Waals surface area contributed by atoms with Gasteiger partial charge in [0.05, 0.1) is 12.5 Å². The summed E-state index contributed by atoms with van der Waals surface area (Å²) < 4.78 is 12.5. The van der Waals surface area contributed by atoms with Crippen LogP contribution in [0.5, 0.6) is 11.5 Å². The second-order valence-electron chi connectivity index (χ2n) is 6.97. The highest BCUT2D eigenvalue weighted by Gasteiger charge is 2.14. The van der Waals surface area contributed by atoms with Gasteiger partial charge in [0.25, 0.3) is 5.56 Å². The van der Waals surface area contributed by atoms with E-state index in [2.05, 4.69) is 4.98 Å². The van der Waals surface area contributed by atoms with Gasteiger partial charge in [-0.25, -0.2) is 4.98 Å². The van der Waals surface area contributed by atoms with Crippen molar-refractivity contribution in [2.24, 2.45) is 0 Å². The topological polar surface area (TPSA) is 64.2 Å². The molecule has 1 N–H and O–H groups in total. The average Bonchev–Trinajstić information content (AvgIpc) is 3.17. The molecule has 0 saturated heterocycles. The maximum Gasteiger partial charge on any atom is 0.260 e. The van der Waals surface area contributed by atoms with Gasteiger partial charge in [-0.3, -0.25) is 4.79 Å². The smallest absolute Gasteiger partial charge is 0.260 e. The van der Waals surface area contributed by atoms with E-state index < -0.39 is 0 Å². The van der Waals surface area contributed by atoms with Gasteiger partial charge in [0, 0.05) is 20.7 Å². The Hall–Kier alpha value is -3.35. The van der Waals surface area contributed by atoms with E-state index in [0.717, 1.165) is 21.2 Å². The fourth-order valence-corrected chi connectivity index (χ4v) is 4.65. The minimum absolute atomic E-state index is 0.153. The van der Waals surface area contributed by atoms with Crippen LogP contribution in [0.4, 0.5) is 0 Å². The molecular formula is C24H17ClN2O3S. The third kappa shape index (κ3) is 3.76. The largest absolute Gasteiger partial charge is 0.493 e. The summed E-state index contributed by atoms with van der Waals surface area (Å²) in [5, 5.41) is 2.23. The number of halogens is 1. The average molecular weight is 449 g/mol. The van der Waals surface area contributed by atoms with Crippen LogP contribution in [-0.2, 0) is 6.61 Å². The summed E-state index contributed by atoms with van der Waals surface area (Å²) in [6.45, 7) is 0.385. The first-order chi connectivity index (χ1) is 15.1. The standard InChI is InChI=1S/C24H17ClN2O3S/c1-29-19-12-15(8-11-18(19)30-13-14-6-9-16(25)10-7-14)22-26-23(28)21-17-4-2-3-5-20(17)31-24(21)27-22/h2-12H,13H2,1H3,(H,26,27,28). The molecule has 0 aliphatic heterocycles. The molecule has 0 bridgehead atoms. The summed E-state index contributed by atoms with van der Waals surface area (Å²) in [6.07, 6.45) is 0. The van der Waals surface area contributed by atoms with Crippen LogP contribution in [0.15, 0.2) is 71.5 Å². The summed E-state index contributed by atoms with van der Waals surface area (Å²) in [5.74, 6) is 1.66. The normalized spacial score (nSPS) is 11.2. The van der Waals surface area contributed by atoms with Crippen molar-refractivity contribution in [2.45, 2.75) is 6.61 Å². The van der Waals surface area contributed by atoms with Crippen molar-refractivity contribution in [2.75, 3.05) is 7.11 Å². The number of aromatic nitrogens is 2. The maximum absolute atomic E-state index is 12.8. The molecule has 0 amide bonds. The monoisotopic (exact) mass is 448 g/mol. The van der Waals surface area contributed by atoms with Crippen LogP contribution in [0.3, 0.4) is 0 Å². The number of methoxy groups -OCH3 is 1. The molecular weight excluding hydrogens is 432 g/mol. The second-order valence-corrected chi connectivity index (χ2v) is 8.44. The van der Waals surface area contributed by atoms with Gasteiger partial charge in [-0.1, -0.05) is 41.9 Å². The highest BCUT2D eigenvalue weighted by atomic mass is 35.5. The summed E-state index contributed by atoms with van der Waals surface area (Å²) in [4.78, 5) is 21.1. The molecule has 2 aromatic heterocycles. The van der Waals surface area contributed by atoms with Crippen molar-refractivity contribution >= 4 is 43.2 Å². The van der Waals surface area contributed by atoms with Gasteiger partial charge in [-0.2, -0.15) is 0 Å². The maximum atomic E-state index is 12.8. The molecule has 0 aliphatic rings. The molecule has 5 aromatic rings. The molecule has 0 fully saturated rings. The van der Waals surface area contributed by atoms with Gasteiger partial charge in [0.2, 0.25) is 0 Å². The Morgan fingerprint density at radius 1 is 1.03 bits per heavy atom. The fraction of sp³-hybridized carbons (Fsp3) is 0.0833. The summed E-state index contributed by atoms with van der Waals surface area (Å²) in [6, 6.07) is 20.8. The molecule has 0 atom stereocenters. The number of aromatic amines is 1. The number of nitrogens with one attached hydrogen (secondary N) is 1. The third-order valence-corrected chi connectivity index (χ3v) is 6.31. The van der Waals surface area contributed by atoms with Gasteiger partial charge in [-0.15, -0.1) is 11.3 Å². The molecule has 154 valence electrons. The molecule has 0 aliphatic carbocycles. The number of ether oxygens (including phenoxy) is 2. The molecule has 31 heavy (non-hydrogen) atoms. The second kappa shape index (κ2) is 8.06. The molecule has 0 unspecified atom stereocenters. The first kappa shape index (κ1) is 19.6. The number of nitrogens with zero attached hydrogens (tertiary/aromatic N) is 1. The van der Waals surface area contributed by atoms with E-state index in [1.54, 1.807) is 7.11 Å². The van der Waals surface area contributed by atoms with Crippen LogP contribution < -0.4 is 15.0 Å². The van der Waals surface area contributed by atoms with E-state index in [1.807, 2.05) is 66.7 Å². The Kier molecular flexibility index (Phi) is 5.10. The van der Waals surface area contributed by atoms with Gasteiger partial charge in [0.15, 0.2) is 11.5 Å². The first-order valence-corrected chi connectivity index (χ1v) is 10.8. The molecule has 5 rings (SSSR count). The van der Waals surface area contributed by atoms with E-state index >= 15 is 0 Å². The van der Waals surface area contributed by atoms with Crippen molar-refractivity contribution in [3.63, 3.8) is 0 Å². The Morgan fingerprint density at radius 2 is 1.84 bits per heavy atom. The van der Waals surface area contributed by atoms with Gasteiger partial charge < -0.3 is 14.5 Å². The molecule has 5 nitrogen and oxygen atoms in total. The first-order valence-electron chi connectivity index (χ1n) is 9.59.